The fourth-order valence-corrected chi connectivity index (χ4v) is 2.78. The van der Waals surface area contributed by atoms with E-state index >= 15 is 0 Å². The molecule has 2 rings (SSSR count). The Hall–Kier alpha value is -0.400. The van der Waals surface area contributed by atoms with Crippen molar-refractivity contribution < 1.29 is 19.8 Å². The quantitative estimate of drug-likeness (QED) is 0.599. The van der Waals surface area contributed by atoms with Crippen molar-refractivity contribution in [2.24, 2.45) is 0 Å². The molecular formula is C18H16Br2CaO4. The van der Waals surface area contributed by atoms with Crippen LogP contribution in [0.5, 0.6) is 0 Å². The van der Waals surface area contributed by atoms with Gasteiger partial charge in [0.25, 0.3) is 0 Å². The van der Waals surface area contributed by atoms with Gasteiger partial charge in [-0.1, -0.05) is 44.0 Å². The summed E-state index contributed by atoms with van der Waals surface area (Å²) >= 11 is 6.51. The van der Waals surface area contributed by atoms with Gasteiger partial charge in [-0.05, 0) is 62.1 Å². The first-order chi connectivity index (χ1) is 11.0. The molecule has 2 aromatic carbocycles. The van der Waals surface area contributed by atoms with Gasteiger partial charge in [0.1, 0.15) is 0 Å². The van der Waals surface area contributed by atoms with Crippen LogP contribution in [0.1, 0.15) is 43.0 Å². The molecule has 0 saturated heterocycles. The summed E-state index contributed by atoms with van der Waals surface area (Å²) in [5, 5.41) is 21.1. The minimum Gasteiger partial charge on any atom is -0.545 e. The zero-order valence-corrected chi connectivity index (χ0v) is 19.8. The van der Waals surface area contributed by atoms with Gasteiger partial charge in [-0.15, -0.1) is 0 Å². The maximum atomic E-state index is 10.6. The number of carbonyl (C=O) groups is 2. The van der Waals surface area contributed by atoms with Gasteiger partial charge in [-0.25, -0.2) is 0 Å². The summed E-state index contributed by atoms with van der Waals surface area (Å²) in [7, 11) is 0. The van der Waals surface area contributed by atoms with E-state index in [2.05, 4.69) is 31.9 Å². The van der Waals surface area contributed by atoms with E-state index in [1.165, 1.54) is 0 Å². The molecule has 0 heterocycles. The summed E-state index contributed by atoms with van der Waals surface area (Å²) in [5.74, 6) is -2.26. The number of hydrogen-bond acceptors (Lipinski definition) is 4. The number of aromatic carboxylic acids is 2. The van der Waals surface area contributed by atoms with Crippen LogP contribution in [0.3, 0.4) is 0 Å². The number of rotatable bonds is 2. The average Bonchev–Trinajstić information content (AvgIpc) is 2.46. The molecule has 0 saturated carbocycles. The maximum Gasteiger partial charge on any atom is 2.00 e. The molecule has 0 bridgehead atoms. The second-order valence-corrected chi connectivity index (χ2v) is 7.12. The van der Waals surface area contributed by atoms with Crippen molar-refractivity contribution in [1.29, 1.82) is 0 Å². The molecule has 0 amide bonds. The summed E-state index contributed by atoms with van der Waals surface area (Å²) in [4.78, 5) is 21.1. The number of hydrogen-bond donors (Lipinski definition) is 0. The number of aryl methyl sites for hydroxylation is 4. The molecule has 2 aromatic rings. The van der Waals surface area contributed by atoms with Gasteiger partial charge >= 0.3 is 37.7 Å². The summed E-state index contributed by atoms with van der Waals surface area (Å²) in [5.41, 5.74) is 4.00. The van der Waals surface area contributed by atoms with Crippen LogP contribution >= 0.6 is 31.9 Å². The van der Waals surface area contributed by atoms with Gasteiger partial charge in [-0.2, -0.15) is 0 Å². The summed E-state index contributed by atoms with van der Waals surface area (Å²) in [6.45, 7) is 7.33. The fourth-order valence-electron chi connectivity index (χ4n) is 2.09. The van der Waals surface area contributed by atoms with Crippen LogP contribution in [0.15, 0.2) is 33.2 Å². The van der Waals surface area contributed by atoms with Gasteiger partial charge in [-0.3, -0.25) is 0 Å². The third-order valence-electron chi connectivity index (χ3n) is 3.45. The second-order valence-electron chi connectivity index (χ2n) is 5.41. The molecule has 0 aliphatic carbocycles. The Balaban J connectivity index is 0.000000443. The second kappa shape index (κ2) is 10.7. The molecule has 0 spiro atoms. The number of carboxylic acid groups (broad SMARTS) is 2. The van der Waals surface area contributed by atoms with Gasteiger partial charge < -0.3 is 19.8 Å². The first-order valence-electron chi connectivity index (χ1n) is 7.00. The Kier molecular flexibility index (Phi) is 10.5. The first-order valence-corrected chi connectivity index (χ1v) is 8.59. The molecule has 25 heavy (non-hydrogen) atoms. The molecule has 0 radical (unpaired) electrons. The molecule has 0 unspecified atom stereocenters. The van der Waals surface area contributed by atoms with E-state index in [0.29, 0.717) is 0 Å². The Bertz CT molecular complexity index is 737. The molecular weight excluding hydrogens is 480 g/mol. The van der Waals surface area contributed by atoms with Crippen molar-refractivity contribution in [3.05, 3.63) is 66.6 Å². The standard InChI is InChI=1S/2C9H9BrO2.Ca/c2*1-5-3-6(2)8(10)4-7(5)9(11)12;/h2*3-4H,1-2H3,(H,11,12);/q;;+2/p-2. The third-order valence-corrected chi connectivity index (χ3v) is 5.16. The predicted octanol–water partition coefficient (Wildman–Crippen LogP) is 2.48. The maximum absolute atomic E-state index is 10.6. The molecule has 0 atom stereocenters. The van der Waals surface area contributed by atoms with Crippen molar-refractivity contribution in [3.63, 3.8) is 0 Å². The van der Waals surface area contributed by atoms with Gasteiger partial charge in [0.05, 0.1) is 11.9 Å². The molecule has 0 fully saturated rings. The Labute approximate surface area is 193 Å². The van der Waals surface area contributed by atoms with Gasteiger partial charge in [0, 0.05) is 20.1 Å². The number of carbonyl (C=O) groups excluding carboxylic acids is 2. The van der Waals surface area contributed by atoms with E-state index in [-0.39, 0.29) is 48.9 Å². The van der Waals surface area contributed by atoms with E-state index in [0.717, 1.165) is 31.2 Å². The molecule has 7 heteroatoms. The molecule has 0 aliphatic heterocycles. The molecule has 0 aromatic heterocycles. The Morgan fingerprint density at radius 1 is 0.680 bits per heavy atom. The monoisotopic (exact) mass is 494 g/mol. The Morgan fingerprint density at radius 3 is 1.20 bits per heavy atom. The Morgan fingerprint density at radius 2 is 0.960 bits per heavy atom. The van der Waals surface area contributed by atoms with E-state index in [9.17, 15) is 19.8 Å². The van der Waals surface area contributed by atoms with Gasteiger partial charge in [0.2, 0.25) is 0 Å². The topological polar surface area (TPSA) is 80.3 Å². The fraction of sp³-hybridized carbons (Fsp3) is 0.222. The molecule has 128 valence electrons. The first kappa shape index (κ1) is 24.6. The number of carboxylic acids is 2. The van der Waals surface area contributed by atoms with E-state index < -0.39 is 11.9 Å². The molecule has 4 nitrogen and oxygen atoms in total. The van der Waals surface area contributed by atoms with Crippen LogP contribution in [0.2, 0.25) is 0 Å². The van der Waals surface area contributed by atoms with Crippen molar-refractivity contribution in [3.8, 4) is 0 Å². The van der Waals surface area contributed by atoms with E-state index in [1.807, 2.05) is 26.0 Å². The van der Waals surface area contributed by atoms with Crippen molar-refractivity contribution in [2.45, 2.75) is 27.7 Å². The third kappa shape index (κ3) is 7.02. The van der Waals surface area contributed by atoms with Crippen LogP contribution < -0.4 is 10.2 Å². The van der Waals surface area contributed by atoms with Crippen LogP contribution in [-0.4, -0.2) is 49.7 Å². The largest absolute Gasteiger partial charge is 2.00 e. The van der Waals surface area contributed by atoms with Gasteiger partial charge in [0.15, 0.2) is 0 Å². The smallest absolute Gasteiger partial charge is 0.545 e. The molecule has 0 aliphatic rings. The summed E-state index contributed by atoms with van der Waals surface area (Å²) < 4.78 is 1.60. The predicted molar refractivity (Wildman–Crippen MR) is 102 cm³/mol. The van der Waals surface area contributed by atoms with Crippen LogP contribution in [0.4, 0.5) is 0 Å². The molecule has 0 N–H and O–H groups in total. The minimum atomic E-state index is -1.13. The van der Waals surface area contributed by atoms with Crippen LogP contribution in [0, 0.1) is 27.7 Å². The zero-order valence-electron chi connectivity index (χ0n) is 14.4. The summed E-state index contributed by atoms with van der Waals surface area (Å²) in [6, 6.07) is 6.77. The average molecular weight is 496 g/mol. The normalized spacial score (nSPS) is 9.52. The van der Waals surface area contributed by atoms with Crippen molar-refractivity contribution in [2.75, 3.05) is 0 Å². The SMILES string of the molecule is Cc1cc(C)c(C(=O)[O-])cc1Br.Cc1cc(C)c(C(=O)[O-])cc1Br.[Ca+2]. The number of halogens is 2. The summed E-state index contributed by atoms with van der Waals surface area (Å²) in [6.07, 6.45) is 0. The number of benzene rings is 2. The van der Waals surface area contributed by atoms with Crippen LogP contribution in [-0.2, 0) is 0 Å². The zero-order chi connectivity index (χ0) is 18.6. The van der Waals surface area contributed by atoms with E-state index in [4.69, 9.17) is 0 Å². The van der Waals surface area contributed by atoms with E-state index in [1.54, 1.807) is 26.0 Å². The van der Waals surface area contributed by atoms with Crippen molar-refractivity contribution in [1.82, 2.24) is 0 Å². The van der Waals surface area contributed by atoms with Crippen LogP contribution in [0.25, 0.3) is 0 Å². The minimum absolute atomic E-state index is 0. The van der Waals surface area contributed by atoms with Crippen molar-refractivity contribution >= 4 is 81.5 Å².